The summed E-state index contributed by atoms with van der Waals surface area (Å²) in [5.74, 6) is -2.03. The molecule has 7 nitrogen and oxygen atoms in total. The number of carboxylic acid groups (broad SMARTS) is 1. The van der Waals surface area contributed by atoms with Gasteiger partial charge in [0.2, 0.25) is 0 Å². The lowest BCUT2D eigenvalue weighted by atomic mass is 10.1. The molecule has 146 valence electrons. The van der Waals surface area contributed by atoms with Gasteiger partial charge in [-0.05, 0) is 23.8 Å². The highest BCUT2D eigenvalue weighted by Gasteiger charge is 2.16. The number of carbonyl (C=O) groups is 3. The van der Waals surface area contributed by atoms with Crippen LogP contribution < -0.4 is 15.6 Å². The average Bonchev–Trinajstić information content (AvgIpc) is 2.76. The van der Waals surface area contributed by atoms with E-state index in [4.69, 9.17) is 9.84 Å². The average molecular weight is 390 g/mol. The zero-order valence-corrected chi connectivity index (χ0v) is 15.3. The molecular weight excluding hydrogens is 372 g/mol. The molecule has 0 aromatic heterocycles. The number of para-hydroxylation sites is 1. The van der Waals surface area contributed by atoms with Gasteiger partial charge in [0, 0.05) is 5.56 Å². The summed E-state index contributed by atoms with van der Waals surface area (Å²) in [6.45, 7) is -0.329. The third-order valence-corrected chi connectivity index (χ3v) is 4.05. The number of hydrogen-bond acceptors (Lipinski definition) is 4. The van der Waals surface area contributed by atoms with Crippen molar-refractivity contribution in [3.63, 3.8) is 0 Å². The number of nitrogens with one attached hydrogen (secondary N) is 2. The van der Waals surface area contributed by atoms with Gasteiger partial charge in [-0.2, -0.15) is 0 Å². The maximum atomic E-state index is 12.2. The molecule has 0 aliphatic rings. The Morgan fingerprint density at radius 3 is 2.10 bits per heavy atom. The molecule has 0 radical (unpaired) electrons. The van der Waals surface area contributed by atoms with E-state index in [0.717, 1.165) is 11.1 Å². The van der Waals surface area contributed by atoms with E-state index in [9.17, 15) is 14.4 Å². The molecule has 0 fully saturated rings. The molecule has 3 aromatic carbocycles. The van der Waals surface area contributed by atoms with E-state index in [1.807, 2.05) is 42.5 Å². The van der Waals surface area contributed by atoms with Gasteiger partial charge >= 0.3 is 5.97 Å². The van der Waals surface area contributed by atoms with Crippen LogP contribution in [0.15, 0.2) is 78.9 Å². The van der Waals surface area contributed by atoms with Crippen molar-refractivity contribution in [3.8, 4) is 16.9 Å². The third-order valence-electron chi connectivity index (χ3n) is 4.05. The molecule has 0 unspecified atom stereocenters. The largest absolute Gasteiger partial charge is 0.483 e. The van der Waals surface area contributed by atoms with Crippen LogP contribution in [0.5, 0.6) is 5.75 Å². The first-order valence-corrected chi connectivity index (χ1v) is 8.75. The minimum absolute atomic E-state index is 0.0596. The molecule has 0 spiro atoms. The van der Waals surface area contributed by atoms with Crippen molar-refractivity contribution in [2.75, 3.05) is 6.61 Å². The van der Waals surface area contributed by atoms with Crippen LogP contribution in [-0.2, 0) is 4.79 Å². The lowest BCUT2D eigenvalue weighted by molar-refractivity contribution is -0.123. The molecule has 0 aliphatic carbocycles. The smallest absolute Gasteiger partial charge is 0.336 e. The highest BCUT2D eigenvalue weighted by Crippen LogP contribution is 2.29. The predicted octanol–water partition coefficient (Wildman–Crippen LogP) is 2.89. The summed E-state index contributed by atoms with van der Waals surface area (Å²) in [7, 11) is 0. The molecule has 0 aliphatic heterocycles. The number of carboxylic acids is 1. The summed E-state index contributed by atoms with van der Waals surface area (Å²) in [6.07, 6.45) is 0. The second kappa shape index (κ2) is 9.18. The second-order valence-electron chi connectivity index (χ2n) is 6.00. The molecule has 29 heavy (non-hydrogen) atoms. The summed E-state index contributed by atoms with van der Waals surface area (Å²) in [5, 5.41) is 9.13. The zero-order valence-electron chi connectivity index (χ0n) is 15.3. The SMILES string of the molecule is O=C(COc1ccccc1-c1ccccc1)NNC(=O)c1ccccc1C(=O)O. The zero-order chi connectivity index (χ0) is 20.6. The molecule has 0 saturated carbocycles. The highest BCUT2D eigenvalue weighted by atomic mass is 16.5. The summed E-state index contributed by atoms with van der Waals surface area (Å²) in [6, 6.07) is 22.6. The van der Waals surface area contributed by atoms with Crippen molar-refractivity contribution in [3.05, 3.63) is 90.0 Å². The van der Waals surface area contributed by atoms with Crippen LogP contribution in [0.25, 0.3) is 11.1 Å². The van der Waals surface area contributed by atoms with Gasteiger partial charge in [-0.3, -0.25) is 20.4 Å². The minimum Gasteiger partial charge on any atom is -0.483 e. The Morgan fingerprint density at radius 2 is 1.38 bits per heavy atom. The number of aromatic carboxylic acids is 1. The third kappa shape index (κ3) is 4.98. The van der Waals surface area contributed by atoms with E-state index >= 15 is 0 Å². The minimum atomic E-state index is -1.23. The van der Waals surface area contributed by atoms with Gasteiger partial charge in [0.05, 0.1) is 11.1 Å². The van der Waals surface area contributed by atoms with Crippen LogP contribution in [0.4, 0.5) is 0 Å². The number of rotatable bonds is 6. The van der Waals surface area contributed by atoms with Crippen molar-refractivity contribution in [1.29, 1.82) is 0 Å². The van der Waals surface area contributed by atoms with Crippen molar-refractivity contribution < 1.29 is 24.2 Å². The first-order valence-electron chi connectivity index (χ1n) is 8.75. The standard InChI is InChI=1S/C22H18N2O5/c25-20(23-24-21(26)17-11-4-5-12-18(17)22(27)28)14-29-19-13-7-6-10-16(19)15-8-2-1-3-9-15/h1-13H,14H2,(H,23,25)(H,24,26)(H,27,28). The summed E-state index contributed by atoms with van der Waals surface area (Å²) < 4.78 is 5.60. The van der Waals surface area contributed by atoms with Crippen LogP contribution in [0.2, 0.25) is 0 Å². The van der Waals surface area contributed by atoms with Crippen molar-refractivity contribution in [2.45, 2.75) is 0 Å². The molecule has 0 saturated heterocycles. The quantitative estimate of drug-likeness (QED) is 0.562. The Balaban J connectivity index is 1.59. The van der Waals surface area contributed by atoms with Crippen molar-refractivity contribution >= 4 is 17.8 Å². The molecule has 3 aromatic rings. The maximum absolute atomic E-state index is 12.2. The van der Waals surface area contributed by atoms with Crippen LogP contribution >= 0.6 is 0 Å². The van der Waals surface area contributed by atoms with E-state index in [1.165, 1.54) is 24.3 Å². The summed E-state index contributed by atoms with van der Waals surface area (Å²) in [4.78, 5) is 35.4. The molecule has 2 amide bonds. The van der Waals surface area contributed by atoms with Gasteiger partial charge in [-0.15, -0.1) is 0 Å². The van der Waals surface area contributed by atoms with Gasteiger partial charge in [-0.1, -0.05) is 60.7 Å². The van der Waals surface area contributed by atoms with Gasteiger partial charge in [0.15, 0.2) is 6.61 Å². The fraction of sp³-hybridized carbons (Fsp3) is 0.0455. The molecule has 0 atom stereocenters. The molecular formula is C22H18N2O5. The summed E-state index contributed by atoms with van der Waals surface area (Å²) >= 11 is 0. The topological polar surface area (TPSA) is 105 Å². The fourth-order valence-electron chi connectivity index (χ4n) is 2.69. The number of carbonyl (C=O) groups excluding carboxylic acids is 2. The summed E-state index contributed by atoms with van der Waals surface area (Å²) in [5.41, 5.74) is 5.98. The number of ether oxygens (including phenoxy) is 1. The van der Waals surface area contributed by atoms with Gasteiger partial charge in [-0.25, -0.2) is 4.79 Å². The van der Waals surface area contributed by atoms with Crippen LogP contribution in [0.3, 0.4) is 0 Å². The normalized spacial score (nSPS) is 10.1. The predicted molar refractivity (Wildman–Crippen MR) is 106 cm³/mol. The Kier molecular flexibility index (Phi) is 6.22. The first-order chi connectivity index (χ1) is 14.1. The van der Waals surface area contributed by atoms with E-state index in [2.05, 4.69) is 10.9 Å². The molecule has 3 rings (SSSR count). The van der Waals surface area contributed by atoms with E-state index in [-0.39, 0.29) is 17.7 Å². The highest BCUT2D eigenvalue weighted by molar-refractivity contribution is 6.05. The van der Waals surface area contributed by atoms with Crippen LogP contribution in [0, 0.1) is 0 Å². The number of hydrazine groups is 1. The Morgan fingerprint density at radius 1 is 0.759 bits per heavy atom. The molecule has 0 bridgehead atoms. The van der Waals surface area contributed by atoms with Crippen LogP contribution in [-0.4, -0.2) is 29.5 Å². The van der Waals surface area contributed by atoms with Crippen LogP contribution in [0.1, 0.15) is 20.7 Å². The van der Waals surface area contributed by atoms with E-state index < -0.39 is 17.8 Å². The van der Waals surface area contributed by atoms with Gasteiger partial charge in [0.1, 0.15) is 5.75 Å². The Bertz CT molecular complexity index is 1030. The lowest BCUT2D eigenvalue weighted by Crippen LogP contribution is -2.44. The molecule has 3 N–H and O–H groups in total. The van der Waals surface area contributed by atoms with Gasteiger partial charge < -0.3 is 9.84 Å². The monoisotopic (exact) mass is 390 g/mol. The lowest BCUT2D eigenvalue weighted by Gasteiger charge is -2.12. The number of amides is 2. The second-order valence-corrected chi connectivity index (χ2v) is 6.00. The maximum Gasteiger partial charge on any atom is 0.336 e. The Hall–Kier alpha value is -4.13. The van der Waals surface area contributed by atoms with Crippen molar-refractivity contribution in [1.82, 2.24) is 10.9 Å². The van der Waals surface area contributed by atoms with Crippen molar-refractivity contribution in [2.24, 2.45) is 0 Å². The number of hydrogen-bond donors (Lipinski definition) is 3. The van der Waals surface area contributed by atoms with E-state index in [1.54, 1.807) is 12.1 Å². The van der Waals surface area contributed by atoms with Gasteiger partial charge in [0.25, 0.3) is 11.8 Å². The Labute approximate surface area is 166 Å². The fourth-order valence-corrected chi connectivity index (χ4v) is 2.69. The molecule has 7 heteroatoms. The molecule has 0 heterocycles. The van der Waals surface area contributed by atoms with E-state index in [0.29, 0.717) is 5.75 Å². The number of benzene rings is 3. The first kappa shape index (κ1) is 19.6.